The number of aromatic nitrogens is 2. The van der Waals surface area contributed by atoms with Gasteiger partial charge in [0.15, 0.2) is 5.76 Å². The molecule has 30 heavy (non-hydrogen) atoms. The van der Waals surface area contributed by atoms with Gasteiger partial charge in [-0.15, -0.1) is 24.2 Å². The summed E-state index contributed by atoms with van der Waals surface area (Å²) in [5, 5.41) is 1.72. The van der Waals surface area contributed by atoms with Crippen LogP contribution in [0.1, 0.15) is 18.4 Å². The number of ether oxygens (including phenoxy) is 1. The minimum atomic E-state index is -0.619. The number of halogens is 2. The molecule has 0 spiro atoms. The first-order valence-corrected chi connectivity index (χ1v) is 10.5. The molecule has 1 aliphatic rings. The Morgan fingerprint density at radius 2 is 1.90 bits per heavy atom. The molecule has 0 unspecified atom stereocenters. The Morgan fingerprint density at radius 3 is 2.70 bits per heavy atom. The van der Waals surface area contributed by atoms with E-state index in [1.54, 1.807) is 48.3 Å². The average molecular weight is 464 g/mol. The van der Waals surface area contributed by atoms with Crippen molar-refractivity contribution in [1.82, 2.24) is 14.3 Å². The molecule has 1 saturated heterocycles. The highest BCUT2D eigenvalue weighted by atomic mass is 35.5. The van der Waals surface area contributed by atoms with Crippen LogP contribution in [-0.2, 0) is 9.53 Å². The predicted octanol–water partition coefficient (Wildman–Crippen LogP) is 5.30. The quantitative estimate of drug-likeness (QED) is 0.270. The lowest BCUT2D eigenvalue weighted by Crippen LogP contribution is -2.29. The molecular weight excluding hydrogens is 445 g/mol. The summed E-state index contributed by atoms with van der Waals surface area (Å²) in [6.45, 7) is 0.339. The minimum absolute atomic E-state index is 0. The van der Waals surface area contributed by atoms with Crippen molar-refractivity contribution in [3.05, 3.63) is 71.2 Å². The molecule has 9 heteroatoms. The topological polar surface area (TPSA) is 63.9 Å². The SMILES string of the molecule is Cl.O=C1OC(=Cc2ccc(Cl)cc2)C(=O)N1CCCCSc1cccc2nccn12. The van der Waals surface area contributed by atoms with Crippen LogP contribution in [0.5, 0.6) is 0 Å². The number of benzene rings is 1. The third-order valence-electron chi connectivity index (χ3n) is 4.46. The molecule has 0 radical (unpaired) electrons. The number of amides is 2. The Labute approximate surface area is 189 Å². The molecule has 0 atom stereocenters. The lowest BCUT2D eigenvalue weighted by atomic mass is 10.2. The molecule has 2 amide bonds. The number of thioether (sulfide) groups is 1. The molecule has 0 bridgehead atoms. The molecule has 6 nitrogen and oxygen atoms in total. The molecule has 0 N–H and O–H groups in total. The maximum atomic E-state index is 12.5. The Hall–Kier alpha value is -2.48. The largest absolute Gasteiger partial charge is 0.422 e. The van der Waals surface area contributed by atoms with Crippen LogP contribution >= 0.6 is 35.8 Å². The van der Waals surface area contributed by atoms with Gasteiger partial charge < -0.3 is 4.74 Å². The van der Waals surface area contributed by atoms with E-state index in [9.17, 15) is 9.59 Å². The molecular formula is C21H19Cl2N3O3S. The van der Waals surface area contributed by atoms with Gasteiger partial charge in [0.1, 0.15) is 5.65 Å². The number of fused-ring (bicyclic) bond motifs is 1. The summed E-state index contributed by atoms with van der Waals surface area (Å²) in [6, 6.07) is 13.0. The van der Waals surface area contributed by atoms with Gasteiger partial charge in [0.2, 0.25) is 0 Å². The van der Waals surface area contributed by atoms with Crippen molar-refractivity contribution in [3.8, 4) is 0 Å². The summed E-state index contributed by atoms with van der Waals surface area (Å²) in [7, 11) is 0. The van der Waals surface area contributed by atoms with Crippen molar-refractivity contribution in [1.29, 1.82) is 0 Å². The van der Waals surface area contributed by atoms with Crippen LogP contribution in [0.15, 0.2) is 65.6 Å². The molecule has 156 valence electrons. The molecule has 2 aromatic heterocycles. The Kier molecular flexibility index (Phi) is 7.42. The van der Waals surface area contributed by atoms with Gasteiger partial charge in [0.25, 0.3) is 5.91 Å². The number of carbonyl (C=O) groups is 2. The third-order valence-corrected chi connectivity index (χ3v) is 5.83. The van der Waals surface area contributed by atoms with Gasteiger partial charge >= 0.3 is 6.09 Å². The number of pyridine rings is 1. The van der Waals surface area contributed by atoms with E-state index in [0.29, 0.717) is 18.0 Å². The molecule has 0 aliphatic carbocycles. The van der Waals surface area contributed by atoms with Crippen molar-refractivity contribution in [2.75, 3.05) is 12.3 Å². The van der Waals surface area contributed by atoms with E-state index in [1.165, 1.54) is 0 Å². The van der Waals surface area contributed by atoms with E-state index in [-0.39, 0.29) is 18.2 Å². The van der Waals surface area contributed by atoms with E-state index in [4.69, 9.17) is 16.3 Å². The smallest absolute Gasteiger partial charge is 0.404 e. The maximum absolute atomic E-state index is 12.5. The normalized spacial score (nSPS) is 15.0. The zero-order valence-corrected chi connectivity index (χ0v) is 18.3. The summed E-state index contributed by atoms with van der Waals surface area (Å²) in [6.07, 6.45) is 6.22. The fourth-order valence-electron chi connectivity index (χ4n) is 2.99. The van der Waals surface area contributed by atoms with E-state index >= 15 is 0 Å². The molecule has 1 fully saturated rings. The molecule has 1 aromatic carbocycles. The second kappa shape index (κ2) is 10.0. The van der Waals surface area contributed by atoms with Crippen LogP contribution in [0.2, 0.25) is 5.02 Å². The Morgan fingerprint density at radius 1 is 1.10 bits per heavy atom. The summed E-state index contributed by atoms with van der Waals surface area (Å²) < 4.78 is 7.18. The zero-order valence-electron chi connectivity index (χ0n) is 15.9. The van der Waals surface area contributed by atoms with Gasteiger partial charge in [-0.25, -0.2) is 14.7 Å². The van der Waals surface area contributed by atoms with Crippen LogP contribution in [-0.4, -0.2) is 38.6 Å². The van der Waals surface area contributed by atoms with Crippen LogP contribution in [0.3, 0.4) is 0 Å². The number of nitrogens with zero attached hydrogens (tertiary/aromatic N) is 3. The van der Waals surface area contributed by atoms with Gasteiger partial charge in [-0.05, 0) is 54.5 Å². The average Bonchev–Trinajstić information content (AvgIpc) is 3.30. The van der Waals surface area contributed by atoms with Gasteiger partial charge in [0, 0.05) is 24.0 Å². The number of imide groups is 1. The minimum Gasteiger partial charge on any atom is -0.404 e. The van der Waals surface area contributed by atoms with E-state index in [1.807, 2.05) is 22.7 Å². The molecule has 0 saturated carbocycles. The molecule has 3 heterocycles. The highest BCUT2D eigenvalue weighted by Crippen LogP contribution is 2.23. The van der Waals surface area contributed by atoms with Crippen molar-refractivity contribution >= 4 is 59.5 Å². The molecule has 3 aromatic rings. The first kappa shape index (κ1) is 22.2. The number of imidazole rings is 1. The number of unbranched alkanes of at least 4 members (excludes halogenated alkanes) is 1. The van der Waals surface area contributed by atoms with Crippen molar-refractivity contribution < 1.29 is 14.3 Å². The predicted molar refractivity (Wildman–Crippen MR) is 120 cm³/mol. The van der Waals surface area contributed by atoms with Gasteiger partial charge in [-0.2, -0.15) is 0 Å². The van der Waals surface area contributed by atoms with E-state index in [2.05, 4.69) is 11.1 Å². The zero-order chi connectivity index (χ0) is 20.2. The van der Waals surface area contributed by atoms with Crippen molar-refractivity contribution in [2.45, 2.75) is 17.9 Å². The summed E-state index contributed by atoms with van der Waals surface area (Å²) in [4.78, 5) is 29.9. The molecule has 4 rings (SSSR count). The Bertz CT molecular complexity index is 1080. The number of cyclic esters (lactones) is 1. The monoisotopic (exact) mass is 463 g/mol. The van der Waals surface area contributed by atoms with Crippen molar-refractivity contribution in [2.24, 2.45) is 0 Å². The second-order valence-electron chi connectivity index (χ2n) is 6.46. The number of hydrogen-bond donors (Lipinski definition) is 0. The highest BCUT2D eigenvalue weighted by molar-refractivity contribution is 7.99. The number of rotatable bonds is 7. The fraction of sp³-hybridized carbons (Fsp3) is 0.190. The Balaban J connectivity index is 0.00000256. The lowest BCUT2D eigenvalue weighted by Gasteiger charge is -2.10. The van der Waals surface area contributed by atoms with Gasteiger partial charge in [0.05, 0.1) is 5.03 Å². The number of hydrogen-bond acceptors (Lipinski definition) is 5. The van der Waals surface area contributed by atoms with Gasteiger partial charge in [-0.3, -0.25) is 9.20 Å². The fourth-order valence-corrected chi connectivity index (χ4v) is 4.14. The van der Waals surface area contributed by atoms with Crippen LogP contribution in [0.25, 0.3) is 11.7 Å². The van der Waals surface area contributed by atoms with Crippen LogP contribution in [0, 0.1) is 0 Å². The van der Waals surface area contributed by atoms with Gasteiger partial charge in [-0.1, -0.05) is 29.8 Å². The second-order valence-corrected chi connectivity index (χ2v) is 8.01. The maximum Gasteiger partial charge on any atom is 0.422 e. The van der Waals surface area contributed by atoms with Crippen LogP contribution < -0.4 is 0 Å². The van der Waals surface area contributed by atoms with Crippen molar-refractivity contribution in [3.63, 3.8) is 0 Å². The lowest BCUT2D eigenvalue weighted by molar-refractivity contribution is -0.123. The standard InChI is InChI=1S/C21H18ClN3O3S.ClH/c22-16-8-6-15(7-9-16)14-17-20(26)25(21(27)28-17)11-1-2-13-29-19-5-3-4-18-23-10-12-24(18)19;/h3-10,12,14H,1-2,11,13H2;1H. The summed E-state index contributed by atoms with van der Waals surface area (Å²) >= 11 is 7.58. The molecule has 1 aliphatic heterocycles. The van der Waals surface area contributed by atoms with Crippen LogP contribution in [0.4, 0.5) is 4.79 Å². The third kappa shape index (κ3) is 4.98. The summed E-state index contributed by atoms with van der Waals surface area (Å²) in [5.74, 6) is 0.515. The van der Waals surface area contributed by atoms with E-state index in [0.717, 1.165) is 33.3 Å². The highest BCUT2D eigenvalue weighted by Gasteiger charge is 2.35. The first-order valence-electron chi connectivity index (χ1n) is 9.18. The first-order chi connectivity index (χ1) is 14.1. The number of carbonyl (C=O) groups excluding carboxylic acids is 2. The summed E-state index contributed by atoms with van der Waals surface area (Å²) in [5.41, 5.74) is 1.66. The van der Waals surface area contributed by atoms with E-state index < -0.39 is 12.0 Å².